The molecule has 0 radical (unpaired) electrons. The maximum absolute atomic E-state index is 13.7. The molecule has 0 spiro atoms. The molecule has 0 aliphatic heterocycles. The second-order valence-electron chi connectivity index (χ2n) is 8.22. The molecule has 3 heterocycles. The molecule has 0 saturated carbocycles. The fourth-order valence-corrected chi connectivity index (χ4v) is 4.74. The van der Waals surface area contributed by atoms with Gasteiger partial charge in [-0.1, -0.05) is 54.6 Å². The van der Waals surface area contributed by atoms with Gasteiger partial charge in [-0.25, -0.2) is 9.67 Å². The van der Waals surface area contributed by atoms with Crippen molar-refractivity contribution in [2.24, 2.45) is 0 Å². The Morgan fingerprint density at radius 2 is 1.53 bits per heavy atom. The van der Waals surface area contributed by atoms with Crippen LogP contribution in [0.5, 0.6) is 0 Å². The van der Waals surface area contributed by atoms with Crippen molar-refractivity contribution in [1.82, 2.24) is 19.2 Å². The van der Waals surface area contributed by atoms with E-state index in [1.54, 1.807) is 18.2 Å². The van der Waals surface area contributed by atoms with E-state index in [0.29, 0.717) is 23.0 Å². The van der Waals surface area contributed by atoms with E-state index in [-0.39, 0.29) is 17.2 Å². The van der Waals surface area contributed by atoms with Crippen LogP contribution in [0.4, 0.5) is 5.69 Å². The molecule has 0 aliphatic rings. The minimum Gasteiger partial charge on any atom is -0.318 e. The highest BCUT2D eigenvalue weighted by Crippen LogP contribution is 2.36. The standard InChI is InChI=1S/C27H21N5O2/c1-3-31-27(34)18-11-5-4-10-17(18)24(30-31)26(33)29-23-20-13-7-9-15-22(20)32-16(2)28-21-14-8-6-12-19(21)25(23)32/h4-15H,3H2,1-2H3,(H,29,33). The third-order valence-electron chi connectivity index (χ3n) is 6.26. The van der Waals surface area contributed by atoms with E-state index in [1.807, 2.05) is 68.4 Å². The predicted octanol–water partition coefficient (Wildman–Crippen LogP) is 4.93. The normalized spacial score (nSPS) is 11.6. The fraction of sp³-hybridized carbons (Fsp3) is 0.111. The molecule has 3 aromatic carbocycles. The van der Waals surface area contributed by atoms with Crippen molar-refractivity contribution in [2.75, 3.05) is 5.32 Å². The number of nitrogens with one attached hydrogen (secondary N) is 1. The largest absolute Gasteiger partial charge is 0.318 e. The molecule has 0 saturated heterocycles. The zero-order chi connectivity index (χ0) is 23.4. The van der Waals surface area contributed by atoms with Crippen molar-refractivity contribution < 1.29 is 4.79 Å². The number of amides is 1. The highest BCUT2D eigenvalue weighted by atomic mass is 16.2. The van der Waals surface area contributed by atoms with Crippen LogP contribution in [-0.4, -0.2) is 25.1 Å². The number of hydrogen-bond acceptors (Lipinski definition) is 4. The topological polar surface area (TPSA) is 81.3 Å². The van der Waals surface area contributed by atoms with E-state index >= 15 is 0 Å². The molecule has 166 valence electrons. The summed E-state index contributed by atoms with van der Waals surface area (Å²) in [6.45, 7) is 4.17. The Kier molecular flexibility index (Phi) is 4.45. The van der Waals surface area contributed by atoms with Gasteiger partial charge in [0.05, 0.1) is 27.6 Å². The summed E-state index contributed by atoms with van der Waals surface area (Å²) in [6, 6.07) is 22.9. The Bertz CT molecular complexity index is 1830. The van der Waals surface area contributed by atoms with Crippen molar-refractivity contribution in [3.8, 4) is 0 Å². The van der Waals surface area contributed by atoms with Crippen molar-refractivity contribution >= 4 is 49.7 Å². The number of hydrogen-bond donors (Lipinski definition) is 1. The number of anilines is 1. The Labute approximate surface area is 194 Å². The maximum atomic E-state index is 13.7. The van der Waals surface area contributed by atoms with Crippen LogP contribution >= 0.6 is 0 Å². The van der Waals surface area contributed by atoms with E-state index in [9.17, 15) is 9.59 Å². The first-order valence-electron chi connectivity index (χ1n) is 11.2. The van der Waals surface area contributed by atoms with Gasteiger partial charge < -0.3 is 5.32 Å². The second-order valence-corrected chi connectivity index (χ2v) is 8.22. The van der Waals surface area contributed by atoms with Crippen LogP contribution < -0.4 is 10.9 Å². The van der Waals surface area contributed by atoms with Crippen LogP contribution in [0, 0.1) is 6.92 Å². The molecule has 1 N–H and O–H groups in total. The summed E-state index contributed by atoms with van der Waals surface area (Å²) >= 11 is 0. The maximum Gasteiger partial charge on any atom is 0.276 e. The second kappa shape index (κ2) is 7.52. The number of para-hydroxylation sites is 2. The summed E-state index contributed by atoms with van der Waals surface area (Å²) in [6.07, 6.45) is 0. The minimum atomic E-state index is -0.366. The molecule has 34 heavy (non-hydrogen) atoms. The Morgan fingerprint density at radius 3 is 2.29 bits per heavy atom. The summed E-state index contributed by atoms with van der Waals surface area (Å²) in [5, 5.41) is 10.4. The van der Waals surface area contributed by atoms with E-state index in [0.717, 1.165) is 33.1 Å². The van der Waals surface area contributed by atoms with Crippen LogP contribution in [0.15, 0.2) is 77.6 Å². The predicted molar refractivity (Wildman–Crippen MR) is 135 cm³/mol. The lowest BCUT2D eigenvalue weighted by atomic mass is 10.1. The number of aromatic nitrogens is 4. The summed E-state index contributed by atoms with van der Waals surface area (Å²) in [7, 11) is 0. The van der Waals surface area contributed by atoms with Gasteiger partial charge in [-0.3, -0.25) is 14.0 Å². The first-order chi connectivity index (χ1) is 16.6. The van der Waals surface area contributed by atoms with E-state index in [1.165, 1.54) is 4.68 Å². The SMILES string of the molecule is CCn1nc(C(=O)Nc2c3ccccc3n3c(C)nc4ccccc4c23)c2ccccc2c1=O. The summed E-state index contributed by atoms with van der Waals surface area (Å²) in [5.74, 6) is 0.462. The van der Waals surface area contributed by atoms with Gasteiger partial charge in [-0.2, -0.15) is 5.10 Å². The zero-order valence-corrected chi connectivity index (χ0v) is 18.7. The molecule has 3 aromatic heterocycles. The molecule has 0 fully saturated rings. The van der Waals surface area contributed by atoms with E-state index in [4.69, 9.17) is 4.98 Å². The van der Waals surface area contributed by atoms with Gasteiger partial charge in [0.15, 0.2) is 5.69 Å². The summed E-state index contributed by atoms with van der Waals surface area (Å²) in [5.41, 5.74) is 3.40. The smallest absolute Gasteiger partial charge is 0.276 e. The molecule has 0 bridgehead atoms. The highest BCUT2D eigenvalue weighted by molar-refractivity contribution is 6.20. The molecular weight excluding hydrogens is 426 g/mol. The van der Waals surface area contributed by atoms with Crippen LogP contribution in [0.25, 0.3) is 38.1 Å². The van der Waals surface area contributed by atoms with Gasteiger partial charge >= 0.3 is 0 Å². The zero-order valence-electron chi connectivity index (χ0n) is 18.7. The van der Waals surface area contributed by atoms with Crippen LogP contribution in [0.2, 0.25) is 0 Å². The monoisotopic (exact) mass is 447 g/mol. The van der Waals surface area contributed by atoms with Gasteiger partial charge in [-0.05, 0) is 32.0 Å². The number of carbonyl (C=O) groups is 1. The molecule has 6 rings (SSSR count). The lowest BCUT2D eigenvalue weighted by Crippen LogP contribution is -2.27. The number of rotatable bonds is 3. The van der Waals surface area contributed by atoms with Gasteiger partial charge in [0.1, 0.15) is 5.82 Å². The van der Waals surface area contributed by atoms with Gasteiger partial charge in [0, 0.05) is 22.7 Å². The molecule has 7 heteroatoms. The summed E-state index contributed by atoms with van der Waals surface area (Å²) < 4.78 is 3.41. The number of aryl methyl sites for hydroxylation is 2. The van der Waals surface area contributed by atoms with Gasteiger partial charge in [0.25, 0.3) is 11.5 Å². The Balaban J connectivity index is 1.64. The lowest BCUT2D eigenvalue weighted by molar-refractivity contribution is 0.102. The Morgan fingerprint density at radius 1 is 0.882 bits per heavy atom. The minimum absolute atomic E-state index is 0.206. The molecule has 1 amide bonds. The molecular formula is C27H21N5O2. The number of nitrogens with zero attached hydrogens (tertiary/aromatic N) is 4. The average Bonchev–Trinajstić information content (AvgIpc) is 3.19. The fourth-order valence-electron chi connectivity index (χ4n) is 4.74. The third kappa shape index (κ3) is 2.83. The first-order valence-corrected chi connectivity index (χ1v) is 11.2. The van der Waals surface area contributed by atoms with Crippen LogP contribution in [0.1, 0.15) is 23.2 Å². The quantitative estimate of drug-likeness (QED) is 0.417. The van der Waals surface area contributed by atoms with Gasteiger partial charge in [-0.15, -0.1) is 0 Å². The number of fused-ring (bicyclic) bond motifs is 6. The van der Waals surface area contributed by atoms with Crippen LogP contribution in [0.3, 0.4) is 0 Å². The molecule has 7 nitrogen and oxygen atoms in total. The summed E-state index contributed by atoms with van der Waals surface area (Å²) in [4.78, 5) is 31.2. The van der Waals surface area contributed by atoms with Crippen LogP contribution in [-0.2, 0) is 6.54 Å². The number of benzene rings is 3. The first kappa shape index (κ1) is 20.1. The Hall–Kier alpha value is -4.52. The average molecular weight is 447 g/mol. The molecule has 0 unspecified atom stereocenters. The molecule has 0 atom stereocenters. The lowest BCUT2D eigenvalue weighted by Gasteiger charge is -2.11. The highest BCUT2D eigenvalue weighted by Gasteiger charge is 2.22. The van der Waals surface area contributed by atoms with Crippen molar-refractivity contribution in [3.63, 3.8) is 0 Å². The van der Waals surface area contributed by atoms with Crippen molar-refractivity contribution in [3.05, 3.63) is 94.7 Å². The van der Waals surface area contributed by atoms with E-state index < -0.39 is 0 Å². The van der Waals surface area contributed by atoms with Crippen molar-refractivity contribution in [2.45, 2.75) is 20.4 Å². The van der Waals surface area contributed by atoms with E-state index in [2.05, 4.69) is 14.8 Å². The third-order valence-corrected chi connectivity index (χ3v) is 6.26. The van der Waals surface area contributed by atoms with Crippen molar-refractivity contribution in [1.29, 1.82) is 0 Å². The molecule has 6 aromatic rings. The molecule has 0 aliphatic carbocycles. The van der Waals surface area contributed by atoms with Gasteiger partial charge in [0.2, 0.25) is 0 Å². The number of carbonyl (C=O) groups excluding carboxylic acids is 1.